The van der Waals surface area contributed by atoms with Crippen LogP contribution >= 0.6 is 0 Å². The van der Waals surface area contributed by atoms with Gasteiger partial charge < -0.3 is 15.2 Å². The first-order chi connectivity index (χ1) is 21.5. The predicted octanol–water partition coefficient (Wildman–Crippen LogP) is 11.2. The lowest BCUT2D eigenvalue weighted by molar-refractivity contribution is -0.223. The zero-order valence-corrected chi connectivity index (χ0v) is 29.6. The SMILES string of the molecule is CCCCCCCCCCCCCCCCCC(=O)OC(N)(CN)OC(=O)CCCCCCCCCCCCCCCCC. The van der Waals surface area contributed by atoms with Gasteiger partial charge in [-0.3, -0.25) is 15.3 Å². The molecule has 0 rings (SSSR count). The van der Waals surface area contributed by atoms with Gasteiger partial charge in [-0.15, -0.1) is 0 Å². The fraction of sp³-hybridized carbons (Fsp3) is 0.947. The summed E-state index contributed by atoms with van der Waals surface area (Å²) in [6.45, 7) is 4.29. The molecule has 0 amide bonds. The Labute approximate surface area is 273 Å². The highest BCUT2D eigenvalue weighted by atomic mass is 16.7. The minimum Gasteiger partial charge on any atom is -0.407 e. The van der Waals surface area contributed by atoms with Crippen LogP contribution in [0.5, 0.6) is 0 Å². The Morgan fingerprint density at radius 3 is 0.818 bits per heavy atom. The molecule has 0 aromatic carbocycles. The van der Waals surface area contributed by atoms with Gasteiger partial charge in [-0.2, -0.15) is 0 Å². The average Bonchev–Trinajstić information content (AvgIpc) is 3.01. The molecule has 0 aliphatic heterocycles. The van der Waals surface area contributed by atoms with Gasteiger partial charge in [0.25, 0.3) is 0 Å². The smallest absolute Gasteiger partial charge is 0.328 e. The molecule has 0 aromatic rings. The van der Waals surface area contributed by atoms with E-state index in [2.05, 4.69) is 13.8 Å². The summed E-state index contributed by atoms with van der Waals surface area (Å²) >= 11 is 0. The number of hydrogen-bond acceptors (Lipinski definition) is 6. The second-order valence-electron chi connectivity index (χ2n) is 13.4. The van der Waals surface area contributed by atoms with Crippen molar-refractivity contribution < 1.29 is 19.1 Å². The molecule has 0 unspecified atom stereocenters. The van der Waals surface area contributed by atoms with Gasteiger partial charge in [0.15, 0.2) is 0 Å². The monoisotopic (exact) mass is 625 g/mol. The summed E-state index contributed by atoms with van der Waals surface area (Å²) in [5.74, 6) is -2.76. The average molecular weight is 625 g/mol. The molecular weight excluding hydrogens is 548 g/mol. The summed E-state index contributed by atoms with van der Waals surface area (Å²) in [4.78, 5) is 24.6. The Morgan fingerprint density at radius 2 is 0.614 bits per heavy atom. The summed E-state index contributed by atoms with van der Waals surface area (Å²) in [6.07, 6.45) is 38.7. The molecule has 4 N–H and O–H groups in total. The normalized spacial score (nSPS) is 11.6. The second kappa shape index (κ2) is 33.2. The highest BCUT2D eigenvalue weighted by molar-refractivity contribution is 5.72. The van der Waals surface area contributed by atoms with E-state index in [1.807, 2.05) is 0 Å². The predicted molar refractivity (Wildman–Crippen MR) is 187 cm³/mol. The van der Waals surface area contributed by atoms with Gasteiger partial charge in [-0.25, -0.2) is 0 Å². The Hall–Kier alpha value is -1.14. The van der Waals surface area contributed by atoms with Crippen molar-refractivity contribution >= 4 is 11.9 Å². The largest absolute Gasteiger partial charge is 0.407 e. The number of unbranched alkanes of at least 4 members (excludes halogenated alkanes) is 28. The lowest BCUT2D eigenvalue weighted by Gasteiger charge is -2.27. The summed E-state index contributed by atoms with van der Waals surface area (Å²) in [6, 6.07) is 0. The number of rotatable bonds is 35. The number of carbonyl (C=O) groups is 2. The summed E-state index contributed by atoms with van der Waals surface area (Å²) in [7, 11) is 0. The Bertz CT molecular complexity index is 580. The first kappa shape index (κ1) is 42.9. The number of esters is 2. The third-order valence-electron chi connectivity index (χ3n) is 8.83. The molecule has 44 heavy (non-hydrogen) atoms. The number of nitrogens with two attached hydrogens (primary N) is 2. The topological polar surface area (TPSA) is 105 Å². The van der Waals surface area contributed by atoms with Crippen LogP contribution in [0.15, 0.2) is 0 Å². The Morgan fingerprint density at radius 1 is 0.409 bits per heavy atom. The van der Waals surface area contributed by atoms with Crippen molar-refractivity contribution in [3.05, 3.63) is 0 Å². The fourth-order valence-electron chi connectivity index (χ4n) is 5.87. The first-order valence-corrected chi connectivity index (χ1v) is 19.4. The van der Waals surface area contributed by atoms with Gasteiger partial charge in [0.1, 0.15) is 0 Å². The molecule has 0 saturated heterocycles. The first-order valence-electron chi connectivity index (χ1n) is 19.4. The summed E-state index contributed by atoms with van der Waals surface area (Å²) in [5.41, 5.74) is 11.7. The van der Waals surface area contributed by atoms with Crippen LogP contribution in [-0.4, -0.2) is 24.4 Å². The molecule has 0 spiro atoms. The van der Waals surface area contributed by atoms with Crippen LogP contribution in [0, 0.1) is 0 Å². The Balaban J connectivity index is 3.64. The van der Waals surface area contributed by atoms with E-state index in [9.17, 15) is 9.59 Å². The van der Waals surface area contributed by atoms with E-state index in [0.29, 0.717) is 0 Å². The van der Waals surface area contributed by atoms with E-state index in [1.165, 1.54) is 154 Å². The van der Waals surface area contributed by atoms with Gasteiger partial charge >= 0.3 is 17.8 Å². The third kappa shape index (κ3) is 30.9. The maximum Gasteiger partial charge on any atom is 0.328 e. The molecule has 0 saturated carbocycles. The van der Waals surface area contributed by atoms with Crippen LogP contribution in [0.4, 0.5) is 0 Å². The molecule has 0 radical (unpaired) electrons. The second-order valence-corrected chi connectivity index (χ2v) is 13.4. The van der Waals surface area contributed by atoms with Crippen molar-refractivity contribution in [1.82, 2.24) is 0 Å². The maximum atomic E-state index is 12.3. The molecule has 6 heteroatoms. The summed E-state index contributed by atoms with van der Waals surface area (Å²) in [5, 5.41) is 0. The quantitative estimate of drug-likeness (QED) is 0.0413. The molecule has 6 nitrogen and oxygen atoms in total. The molecule has 262 valence electrons. The van der Waals surface area contributed by atoms with Crippen LogP contribution in [0.3, 0.4) is 0 Å². The minimum atomic E-state index is -1.86. The minimum absolute atomic E-state index is 0.248. The Kier molecular flexibility index (Phi) is 32.4. The number of ether oxygens (including phenoxy) is 2. The van der Waals surface area contributed by atoms with Crippen LogP contribution in [0.2, 0.25) is 0 Å². The summed E-state index contributed by atoms with van der Waals surface area (Å²) < 4.78 is 10.6. The third-order valence-corrected chi connectivity index (χ3v) is 8.83. The lowest BCUT2D eigenvalue weighted by Crippen LogP contribution is -2.54. The van der Waals surface area contributed by atoms with Crippen molar-refractivity contribution in [3.63, 3.8) is 0 Å². The van der Waals surface area contributed by atoms with Crippen LogP contribution in [-0.2, 0) is 19.1 Å². The van der Waals surface area contributed by atoms with E-state index in [1.54, 1.807) is 0 Å². The fourth-order valence-corrected chi connectivity index (χ4v) is 5.87. The van der Waals surface area contributed by atoms with E-state index in [-0.39, 0.29) is 19.4 Å². The van der Waals surface area contributed by atoms with Crippen molar-refractivity contribution in [2.75, 3.05) is 6.54 Å². The van der Waals surface area contributed by atoms with Gasteiger partial charge in [-0.05, 0) is 12.8 Å². The zero-order chi connectivity index (χ0) is 32.4. The van der Waals surface area contributed by atoms with Crippen molar-refractivity contribution in [2.24, 2.45) is 11.5 Å². The molecule has 0 heterocycles. The van der Waals surface area contributed by atoms with Crippen LogP contribution in [0.25, 0.3) is 0 Å². The number of carbonyl (C=O) groups excluding carboxylic acids is 2. The highest BCUT2D eigenvalue weighted by Crippen LogP contribution is 2.17. The highest BCUT2D eigenvalue weighted by Gasteiger charge is 2.32. The van der Waals surface area contributed by atoms with Crippen LogP contribution < -0.4 is 11.5 Å². The van der Waals surface area contributed by atoms with Gasteiger partial charge in [0.05, 0.1) is 6.54 Å². The van der Waals surface area contributed by atoms with E-state index < -0.39 is 17.8 Å². The van der Waals surface area contributed by atoms with Gasteiger partial charge in [-0.1, -0.05) is 194 Å². The van der Waals surface area contributed by atoms with Crippen molar-refractivity contribution in [3.8, 4) is 0 Å². The molecule has 0 atom stereocenters. The lowest BCUT2D eigenvalue weighted by atomic mass is 10.0. The molecule has 0 fully saturated rings. The molecule has 0 bridgehead atoms. The molecule has 0 aliphatic rings. The van der Waals surface area contributed by atoms with E-state index >= 15 is 0 Å². The van der Waals surface area contributed by atoms with E-state index in [0.717, 1.165) is 38.5 Å². The molecule has 0 aromatic heterocycles. The van der Waals surface area contributed by atoms with Crippen molar-refractivity contribution in [2.45, 2.75) is 225 Å². The molecular formula is C38H76N2O4. The van der Waals surface area contributed by atoms with Gasteiger partial charge in [0, 0.05) is 12.8 Å². The molecule has 0 aliphatic carbocycles. The maximum absolute atomic E-state index is 12.3. The van der Waals surface area contributed by atoms with E-state index in [4.69, 9.17) is 20.9 Å². The van der Waals surface area contributed by atoms with Gasteiger partial charge in [0.2, 0.25) is 0 Å². The standard InChI is InChI=1S/C38H76N2O4/c1-3-5-7-9-11-13-15-17-19-21-23-25-27-29-31-33-36(41)43-38(40,35-39)44-37(42)34-32-30-28-26-24-22-20-18-16-14-12-10-8-6-4-2/h3-35,39-40H2,1-2H3. The number of hydrogen-bond donors (Lipinski definition) is 2. The van der Waals surface area contributed by atoms with Crippen molar-refractivity contribution in [1.29, 1.82) is 0 Å². The van der Waals surface area contributed by atoms with Crippen LogP contribution in [0.1, 0.15) is 219 Å². The zero-order valence-electron chi connectivity index (χ0n) is 29.6.